The smallest absolute Gasteiger partial charge is 0.397 e. The van der Waals surface area contributed by atoms with Crippen LogP contribution in [0.2, 0.25) is 0 Å². The van der Waals surface area contributed by atoms with Crippen LogP contribution in [-0.4, -0.2) is 11.6 Å². The molecular weight excluding hydrogens is 354 g/mol. The second-order valence-corrected chi connectivity index (χ2v) is 6.30. The molecule has 2 rings (SSSR count). The fraction of sp³-hybridized carbons (Fsp3) is 0.273. The fourth-order valence-electron chi connectivity index (χ4n) is 1.46. The Morgan fingerprint density at radius 2 is 2.24 bits per heavy atom. The molecule has 0 saturated heterocycles. The van der Waals surface area contributed by atoms with Gasteiger partial charge in [0.2, 0.25) is 0 Å². The van der Waals surface area contributed by atoms with Gasteiger partial charge in [-0.05, 0) is 13.0 Å². The van der Waals surface area contributed by atoms with Crippen molar-refractivity contribution in [2.45, 2.75) is 10.7 Å². The molecule has 0 spiro atoms. The maximum absolute atomic E-state index is 11.7. The largest absolute Gasteiger partial charge is 0.450 e. The zero-order valence-corrected chi connectivity index (χ0v) is 12.1. The second kappa shape index (κ2) is 5.18. The van der Waals surface area contributed by atoms with Crippen LogP contribution in [-0.2, 0) is 0 Å². The molecule has 0 aliphatic heterocycles. The highest BCUT2D eigenvalue weighted by Crippen LogP contribution is 2.33. The minimum atomic E-state index is -0.444. The summed E-state index contributed by atoms with van der Waals surface area (Å²) in [5.74, 6) is 0. The summed E-state index contributed by atoms with van der Waals surface area (Å²) in [4.78, 5) is 15.9. The molecule has 1 aromatic carbocycles. The van der Waals surface area contributed by atoms with Gasteiger partial charge in [0, 0.05) is 5.56 Å². The number of aromatic nitrogens is 1. The number of halogens is 2. The summed E-state index contributed by atoms with van der Waals surface area (Å²) in [5, 5.41) is 0.440. The Hall–Kier alpha value is -0.880. The molecule has 0 atom stereocenters. The molecule has 0 amide bonds. The van der Waals surface area contributed by atoms with E-state index in [9.17, 15) is 4.79 Å². The van der Waals surface area contributed by atoms with E-state index in [-0.39, 0.29) is 9.81 Å². The number of nitrogens with zero attached hydrogens (tertiary/aromatic N) is 1. The van der Waals surface area contributed by atoms with E-state index in [1.807, 2.05) is 6.07 Å². The molecule has 1 heterocycles. The van der Waals surface area contributed by atoms with E-state index >= 15 is 0 Å². The lowest BCUT2D eigenvalue weighted by molar-refractivity contribution is 0.229. The number of benzene rings is 1. The quantitative estimate of drug-likeness (QED) is 0.785. The number of ether oxygens (including phenoxy) is 1. The summed E-state index contributed by atoms with van der Waals surface area (Å²) >= 11 is 6.79. The van der Waals surface area contributed by atoms with Crippen LogP contribution >= 0.6 is 31.9 Å². The van der Waals surface area contributed by atoms with E-state index in [2.05, 4.69) is 36.8 Å². The molecule has 0 aliphatic rings. The van der Waals surface area contributed by atoms with Gasteiger partial charge in [-0.3, -0.25) is 0 Å². The third-order valence-electron chi connectivity index (χ3n) is 2.17. The van der Waals surface area contributed by atoms with Crippen molar-refractivity contribution in [2.75, 3.05) is 6.61 Å². The molecule has 0 saturated carbocycles. The second-order valence-electron chi connectivity index (χ2n) is 3.24. The summed E-state index contributed by atoms with van der Waals surface area (Å²) in [5.41, 5.74) is 0.989. The molecule has 2 aromatic rings. The van der Waals surface area contributed by atoms with Crippen LogP contribution in [0.4, 0.5) is 0 Å². The average molecular weight is 363 g/mol. The predicted octanol–water partition coefficient (Wildman–Crippen LogP) is 3.38. The lowest BCUT2D eigenvalue weighted by atomic mass is 10.1. The van der Waals surface area contributed by atoms with Gasteiger partial charge in [0.05, 0.1) is 21.2 Å². The van der Waals surface area contributed by atoms with Crippen molar-refractivity contribution >= 4 is 42.8 Å². The van der Waals surface area contributed by atoms with E-state index in [1.165, 1.54) is 0 Å². The third-order valence-corrected chi connectivity index (χ3v) is 3.16. The van der Waals surface area contributed by atoms with Gasteiger partial charge in [0.25, 0.3) is 0 Å². The molecular formula is C11H9Br2NO3. The zero-order chi connectivity index (χ0) is 12.4. The number of fused-ring (bicyclic) bond motifs is 1. The molecule has 0 unspecified atom stereocenters. The molecule has 6 heteroatoms. The van der Waals surface area contributed by atoms with Gasteiger partial charge in [0.1, 0.15) is 0 Å². The minimum Gasteiger partial charge on any atom is -0.450 e. The molecule has 0 bridgehead atoms. The first-order chi connectivity index (χ1) is 8.13. The number of hydrogen-bond donors (Lipinski definition) is 0. The van der Waals surface area contributed by atoms with Crippen molar-refractivity contribution in [1.82, 2.24) is 4.98 Å². The SMILES string of the molecule is CCOc1nc2c(C(Br)Br)cccc2c(=O)o1. The first-order valence-electron chi connectivity index (χ1n) is 4.98. The van der Waals surface area contributed by atoms with Gasteiger partial charge in [0.15, 0.2) is 0 Å². The van der Waals surface area contributed by atoms with Gasteiger partial charge < -0.3 is 9.15 Å². The van der Waals surface area contributed by atoms with E-state index in [4.69, 9.17) is 9.15 Å². The molecule has 1 aromatic heterocycles. The summed E-state index contributed by atoms with van der Waals surface area (Å²) in [7, 11) is 0. The summed E-state index contributed by atoms with van der Waals surface area (Å²) < 4.78 is 9.99. The Kier molecular flexibility index (Phi) is 3.83. The maximum Gasteiger partial charge on any atom is 0.397 e. The van der Waals surface area contributed by atoms with Crippen LogP contribution in [0.5, 0.6) is 6.08 Å². The average Bonchev–Trinajstić information content (AvgIpc) is 2.28. The van der Waals surface area contributed by atoms with Crippen LogP contribution in [0, 0.1) is 0 Å². The van der Waals surface area contributed by atoms with Gasteiger partial charge >= 0.3 is 11.7 Å². The highest BCUT2D eigenvalue weighted by molar-refractivity contribution is 9.24. The molecule has 0 fully saturated rings. The topological polar surface area (TPSA) is 52.3 Å². The van der Waals surface area contributed by atoms with Gasteiger partial charge in [-0.1, -0.05) is 44.0 Å². The monoisotopic (exact) mass is 361 g/mol. The number of hydrogen-bond acceptors (Lipinski definition) is 4. The van der Waals surface area contributed by atoms with E-state index < -0.39 is 5.63 Å². The van der Waals surface area contributed by atoms with Crippen molar-refractivity contribution in [2.24, 2.45) is 0 Å². The normalized spacial score (nSPS) is 11.1. The molecule has 4 nitrogen and oxygen atoms in total. The molecule has 17 heavy (non-hydrogen) atoms. The van der Waals surface area contributed by atoms with Crippen LogP contribution in [0.25, 0.3) is 10.9 Å². The predicted molar refractivity (Wildman–Crippen MR) is 72.0 cm³/mol. The minimum absolute atomic E-state index is 0.00176. The summed E-state index contributed by atoms with van der Waals surface area (Å²) in [6.45, 7) is 2.20. The first-order valence-corrected chi connectivity index (χ1v) is 6.81. The summed E-state index contributed by atoms with van der Waals surface area (Å²) in [6, 6.07) is 5.33. The van der Waals surface area contributed by atoms with E-state index in [0.29, 0.717) is 17.5 Å². The number of alkyl halides is 2. The summed E-state index contributed by atoms with van der Waals surface area (Å²) in [6.07, 6.45) is -0.00176. The Bertz CT molecular complexity index is 595. The Morgan fingerprint density at radius 1 is 1.47 bits per heavy atom. The highest BCUT2D eigenvalue weighted by Gasteiger charge is 2.13. The standard InChI is InChI=1S/C11H9Br2NO3/c1-2-16-11-14-8-6(9(12)13)4-3-5-7(8)10(15)17-11/h3-5,9H,2H2,1H3. The van der Waals surface area contributed by atoms with Crippen LogP contribution in [0.3, 0.4) is 0 Å². The zero-order valence-electron chi connectivity index (χ0n) is 8.94. The lowest BCUT2D eigenvalue weighted by Crippen LogP contribution is -2.06. The Balaban J connectivity index is 2.74. The molecule has 0 N–H and O–H groups in total. The van der Waals surface area contributed by atoms with Crippen molar-refractivity contribution in [3.63, 3.8) is 0 Å². The van der Waals surface area contributed by atoms with Crippen molar-refractivity contribution in [1.29, 1.82) is 0 Å². The van der Waals surface area contributed by atoms with E-state index in [1.54, 1.807) is 19.1 Å². The number of para-hydroxylation sites is 1. The molecule has 90 valence electrons. The van der Waals surface area contributed by atoms with Crippen LogP contribution < -0.4 is 10.4 Å². The van der Waals surface area contributed by atoms with Crippen LogP contribution in [0.1, 0.15) is 16.2 Å². The number of rotatable bonds is 3. The third kappa shape index (κ3) is 2.52. The molecule has 0 aliphatic carbocycles. The van der Waals surface area contributed by atoms with E-state index in [0.717, 1.165) is 5.56 Å². The van der Waals surface area contributed by atoms with Crippen molar-refractivity contribution in [3.8, 4) is 6.08 Å². The van der Waals surface area contributed by atoms with Gasteiger partial charge in [-0.2, -0.15) is 4.98 Å². The van der Waals surface area contributed by atoms with Gasteiger partial charge in [-0.25, -0.2) is 4.79 Å². The molecule has 0 radical (unpaired) electrons. The first kappa shape index (κ1) is 12.6. The highest BCUT2D eigenvalue weighted by atomic mass is 79.9. The Labute approximate surface area is 114 Å². The Morgan fingerprint density at radius 3 is 2.88 bits per heavy atom. The fourth-order valence-corrected chi connectivity index (χ4v) is 2.20. The van der Waals surface area contributed by atoms with Crippen molar-refractivity contribution < 1.29 is 9.15 Å². The van der Waals surface area contributed by atoms with Crippen molar-refractivity contribution in [3.05, 3.63) is 34.2 Å². The maximum atomic E-state index is 11.7. The van der Waals surface area contributed by atoms with Crippen LogP contribution in [0.15, 0.2) is 27.4 Å². The van der Waals surface area contributed by atoms with Gasteiger partial charge in [-0.15, -0.1) is 0 Å². The lowest BCUT2D eigenvalue weighted by Gasteiger charge is -2.06.